The molecule has 0 fully saturated rings. The molecule has 1 atom stereocenters. The monoisotopic (exact) mass is 420 g/mol. The van der Waals surface area contributed by atoms with Gasteiger partial charge in [0, 0.05) is 39.7 Å². The molecule has 1 unspecified atom stereocenters. The van der Waals surface area contributed by atoms with Gasteiger partial charge >= 0.3 is 0 Å². The Morgan fingerprint density at radius 1 is 0.966 bits per heavy atom. The normalized spacial score (nSPS) is 16.9. The zero-order valence-electron chi connectivity index (χ0n) is 16.3. The van der Waals surface area contributed by atoms with Crippen LogP contribution < -0.4 is 0 Å². The fourth-order valence-electron chi connectivity index (χ4n) is 4.52. The number of fused-ring (bicyclic) bond motifs is 3. The quantitative estimate of drug-likeness (QED) is 0.380. The summed E-state index contributed by atoms with van der Waals surface area (Å²) in [5.74, 6) is 0. The van der Waals surface area contributed by atoms with E-state index in [4.69, 9.17) is 23.2 Å². The number of para-hydroxylation sites is 1. The maximum absolute atomic E-state index is 6.26. The summed E-state index contributed by atoms with van der Waals surface area (Å²) in [7, 11) is 0. The molecule has 1 N–H and O–H groups in total. The van der Waals surface area contributed by atoms with Crippen molar-refractivity contribution in [1.29, 1.82) is 0 Å². The molecule has 0 spiro atoms. The molecule has 0 saturated carbocycles. The third-order valence-corrected chi connectivity index (χ3v) is 6.27. The molecule has 1 aromatic heterocycles. The lowest BCUT2D eigenvalue weighted by Crippen LogP contribution is -2.35. The van der Waals surface area contributed by atoms with Crippen LogP contribution in [0.25, 0.3) is 10.9 Å². The highest BCUT2D eigenvalue weighted by Gasteiger charge is 2.31. The molecule has 2 heterocycles. The van der Waals surface area contributed by atoms with Crippen molar-refractivity contribution in [3.05, 3.63) is 105 Å². The van der Waals surface area contributed by atoms with E-state index in [0.29, 0.717) is 10.0 Å². The van der Waals surface area contributed by atoms with Crippen molar-refractivity contribution in [2.45, 2.75) is 25.9 Å². The maximum Gasteiger partial charge on any atom is 0.0760 e. The number of benzene rings is 3. The smallest absolute Gasteiger partial charge is 0.0760 e. The summed E-state index contributed by atoms with van der Waals surface area (Å²) in [4.78, 5) is 6.24. The van der Waals surface area contributed by atoms with E-state index in [9.17, 15) is 0 Å². The molecule has 2 nitrogen and oxygen atoms in total. The first-order valence-corrected chi connectivity index (χ1v) is 10.7. The van der Waals surface area contributed by atoms with Crippen LogP contribution in [-0.4, -0.2) is 16.4 Å². The molecule has 4 heteroatoms. The molecule has 1 aliphatic rings. The van der Waals surface area contributed by atoms with Gasteiger partial charge in [0.05, 0.1) is 6.04 Å². The molecule has 0 bridgehead atoms. The highest BCUT2D eigenvalue weighted by Crippen LogP contribution is 2.39. The van der Waals surface area contributed by atoms with Gasteiger partial charge < -0.3 is 4.98 Å². The number of nitrogens with one attached hydrogen (secondary N) is 1. The van der Waals surface area contributed by atoms with Gasteiger partial charge in [0.25, 0.3) is 0 Å². The number of hydrogen-bond donors (Lipinski definition) is 1. The highest BCUT2D eigenvalue weighted by molar-refractivity contribution is 6.34. The Morgan fingerprint density at radius 3 is 2.45 bits per heavy atom. The molecular weight excluding hydrogens is 399 g/mol. The van der Waals surface area contributed by atoms with E-state index in [0.717, 1.165) is 25.1 Å². The van der Waals surface area contributed by atoms with Gasteiger partial charge in [-0.2, -0.15) is 0 Å². The highest BCUT2D eigenvalue weighted by atomic mass is 35.5. The minimum Gasteiger partial charge on any atom is -0.357 e. The van der Waals surface area contributed by atoms with Crippen molar-refractivity contribution in [1.82, 2.24) is 9.88 Å². The first-order valence-electron chi connectivity index (χ1n) is 9.93. The van der Waals surface area contributed by atoms with Gasteiger partial charge in [-0.15, -0.1) is 0 Å². The standard InChI is InChI=1S/C25H22Cl2N2/c1-16-6-8-18(9-7-16)25-24-22(21-4-2-3-5-23(21)28-24)10-11-29(25)15-17-12-19(26)14-20(27)13-17/h2-9,12-14,25,28H,10-11,15H2,1H3. The van der Waals surface area contributed by atoms with E-state index < -0.39 is 0 Å². The molecule has 3 aromatic carbocycles. The number of aromatic amines is 1. The average molecular weight is 421 g/mol. The van der Waals surface area contributed by atoms with Crippen LogP contribution in [0.3, 0.4) is 0 Å². The number of H-pyrrole nitrogens is 1. The Bertz CT molecular complexity index is 1160. The van der Waals surface area contributed by atoms with Crippen molar-refractivity contribution in [2.24, 2.45) is 0 Å². The SMILES string of the molecule is Cc1ccc(C2c3[nH]c4ccccc4c3CCN2Cc2cc(Cl)cc(Cl)c2)cc1. The second-order valence-electron chi connectivity index (χ2n) is 7.87. The summed E-state index contributed by atoms with van der Waals surface area (Å²) in [6.45, 7) is 3.91. The van der Waals surface area contributed by atoms with E-state index in [-0.39, 0.29) is 6.04 Å². The van der Waals surface area contributed by atoms with E-state index in [1.54, 1.807) is 6.07 Å². The van der Waals surface area contributed by atoms with Gasteiger partial charge in [-0.3, -0.25) is 4.90 Å². The first kappa shape index (κ1) is 18.7. The molecule has 0 saturated heterocycles. The number of nitrogens with zero attached hydrogens (tertiary/aromatic N) is 1. The predicted molar refractivity (Wildman–Crippen MR) is 122 cm³/mol. The van der Waals surface area contributed by atoms with Gasteiger partial charge in [0.15, 0.2) is 0 Å². The summed E-state index contributed by atoms with van der Waals surface area (Å²) in [5.41, 5.74) is 7.66. The number of aryl methyl sites for hydroxylation is 1. The summed E-state index contributed by atoms with van der Waals surface area (Å²) < 4.78 is 0. The summed E-state index contributed by atoms with van der Waals surface area (Å²) >= 11 is 12.5. The van der Waals surface area contributed by atoms with Gasteiger partial charge in [0.2, 0.25) is 0 Å². The third-order valence-electron chi connectivity index (χ3n) is 5.84. The van der Waals surface area contributed by atoms with Crippen LogP contribution in [0.15, 0.2) is 66.7 Å². The molecule has 0 aliphatic carbocycles. The van der Waals surface area contributed by atoms with Crippen LogP contribution in [0.5, 0.6) is 0 Å². The van der Waals surface area contributed by atoms with Crippen molar-refractivity contribution in [3.8, 4) is 0 Å². The topological polar surface area (TPSA) is 19.0 Å². The largest absolute Gasteiger partial charge is 0.357 e. The van der Waals surface area contributed by atoms with Crippen molar-refractivity contribution < 1.29 is 0 Å². The van der Waals surface area contributed by atoms with E-state index in [1.165, 1.54) is 33.3 Å². The molecule has 5 rings (SSSR count). The lowest BCUT2D eigenvalue weighted by atomic mass is 9.91. The first-order chi connectivity index (χ1) is 14.1. The van der Waals surface area contributed by atoms with E-state index in [1.807, 2.05) is 12.1 Å². The van der Waals surface area contributed by atoms with Gasteiger partial charge in [0.1, 0.15) is 0 Å². The second kappa shape index (κ2) is 7.53. The number of halogens is 2. The molecule has 29 heavy (non-hydrogen) atoms. The Kier molecular flexibility index (Phi) is 4.87. The number of hydrogen-bond acceptors (Lipinski definition) is 1. The van der Waals surface area contributed by atoms with Crippen molar-refractivity contribution in [3.63, 3.8) is 0 Å². The Balaban J connectivity index is 1.61. The van der Waals surface area contributed by atoms with Crippen LogP contribution >= 0.6 is 23.2 Å². The molecule has 0 radical (unpaired) electrons. The van der Waals surface area contributed by atoms with Gasteiger partial charge in [-0.05, 0) is 54.3 Å². The lowest BCUT2D eigenvalue weighted by molar-refractivity contribution is 0.202. The van der Waals surface area contributed by atoms with E-state index >= 15 is 0 Å². The summed E-state index contributed by atoms with van der Waals surface area (Å²) in [6, 6.07) is 23.5. The minimum atomic E-state index is 0.171. The van der Waals surface area contributed by atoms with Crippen molar-refractivity contribution in [2.75, 3.05) is 6.54 Å². The van der Waals surface area contributed by atoms with Crippen LogP contribution in [0.1, 0.15) is 34.0 Å². The van der Waals surface area contributed by atoms with Crippen LogP contribution in [0, 0.1) is 6.92 Å². The van der Waals surface area contributed by atoms with Crippen LogP contribution in [-0.2, 0) is 13.0 Å². The number of aromatic nitrogens is 1. The average Bonchev–Trinajstić information content (AvgIpc) is 3.06. The number of rotatable bonds is 3. The minimum absolute atomic E-state index is 0.171. The lowest BCUT2D eigenvalue weighted by Gasteiger charge is -2.36. The zero-order valence-corrected chi connectivity index (χ0v) is 17.8. The Labute approximate surface area is 181 Å². The zero-order chi connectivity index (χ0) is 20.0. The molecule has 4 aromatic rings. The van der Waals surface area contributed by atoms with Gasteiger partial charge in [-0.1, -0.05) is 71.2 Å². The fraction of sp³-hybridized carbons (Fsp3) is 0.200. The van der Waals surface area contributed by atoms with E-state index in [2.05, 4.69) is 65.3 Å². The molecule has 1 aliphatic heterocycles. The van der Waals surface area contributed by atoms with Crippen molar-refractivity contribution >= 4 is 34.1 Å². The fourth-order valence-corrected chi connectivity index (χ4v) is 5.10. The van der Waals surface area contributed by atoms with Gasteiger partial charge in [-0.25, -0.2) is 0 Å². The predicted octanol–water partition coefficient (Wildman–Crippen LogP) is 6.93. The molecular formula is C25H22Cl2N2. The summed E-state index contributed by atoms with van der Waals surface area (Å²) in [6.07, 6.45) is 1.02. The maximum atomic E-state index is 6.26. The second-order valence-corrected chi connectivity index (χ2v) is 8.75. The molecule has 146 valence electrons. The Hall–Kier alpha value is -2.26. The third kappa shape index (κ3) is 3.57. The molecule has 0 amide bonds. The summed E-state index contributed by atoms with van der Waals surface area (Å²) in [5, 5.41) is 2.70. The Morgan fingerprint density at radius 2 is 1.69 bits per heavy atom. The van der Waals surface area contributed by atoms with Crippen LogP contribution in [0.4, 0.5) is 0 Å². The van der Waals surface area contributed by atoms with Crippen LogP contribution in [0.2, 0.25) is 10.0 Å².